The van der Waals surface area contributed by atoms with E-state index in [1.807, 2.05) is 6.07 Å². The highest BCUT2D eigenvalue weighted by atomic mass is 16.6. The number of H-pyrrole nitrogens is 1. The van der Waals surface area contributed by atoms with Gasteiger partial charge in [-0.25, -0.2) is 4.79 Å². The standard InChI is InChI=1S/C24H25NO5/c1-24(2,3)30-23(28)21(19-9-6-12-25-19)18-14-16(10-11-20(18)26)15-7-5-8-17(13-15)22(27)29-4/h5-14,21,25-26H,1-4H3. The first-order valence-electron chi connectivity index (χ1n) is 9.57. The minimum absolute atomic E-state index is 0.0201. The molecule has 1 heterocycles. The van der Waals surface area contributed by atoms with Crippen molar-refractivity contribution in [2.24, 2.45) is 0 Å². The van der Waals surface area contributed by atoms with E-state index in [1.54, 1.807) is 69.4 Å². The lowest BCUT2D eigenvalue weighted by Gasteiger charge is -2.24. The summed E-state index contributed by atoms with van der Waals surface area (Å²) in [6.45, 7) is 5.39. The zero-order valence-electron chi connectivity index (χ0n) is 17.4. The van der Waals surface area contributed by atoms with Gasteiger partial charge in [0.05, 0.1) is 12.7 Å². The van der Waals surface area contributed by atoms with Gasteiger partial charge in [-0.3, -0.25) is 4.79 Å². The Labute approximate surface area is 175 Å². The molecule has 6 heteroatoms. The van der Waals surface area contributed by atoms with Crippen molar-refractivity contribution in [2.75, 3.05) is 7.11 Å². The summed E-state index contributed by atoms with van der Waals surface area (Å²) in [5, 5.41) is 10.6. The summed E-state index contributed by atoms with van der Waals surface area (Å²) in [5.74, 6) is -1.76. The maximum atomic E-state index is 13.0. The zero-order chi connectivity index (χ0) is 21.9. The van der Waals surface area contributed by atoms with E-state index < -0.39 is 23.5 Å². The Bertz CT molecular complexity index is 1050. The van der Waals surface area contributed by atoms with Gasteiger partial charge >= 0.3 is 11.9 Å². The van der Waals surface area contributed by atoms with Gasteiger partial charge in [0.2, 0.25) is 0 Å². The Hall–Kier alpha value is -3.54. The predicted octanol–water partition coefficient (Wildman–Crippen LogP) is 4.65. The van der Waals surface area contributed by atoms with Crippen LogP contribution in [0, 0.1) is 0 Å². The number of hydrogen-bond acceptors (Lipinski definition) is 5. The van der Waals surface area contributed by atoms with Crippen molar-refractivity contribution in [2.45, 2.75) is 32.3 Å². The summed E-state index contributed by atoms with van der Waals surface area (Å²) in [5.41, 5.74) is 2.26. The third-order valence-corrected chi connectivity index (χ3v) is 4.53. The smallest absolute Gasteiger partial charge is 0.337 e. The Kier molecular flexibility index (Phi) is 5.96. The molecule has 0 amide bonds. The van der Waals surface area contributed by atoms with E-state index in [2.05, 4.69) is 4.98 Å². The fourth-order valence-electron chi connectivity index (χ4n) is 3.21. The van der Waals surface area contributed by atoms with Crippen molar-refractivity contribution >= 4 is 11.9 Å². The molecule has 0 aliphatic rings. The number of rotatable bonds is 5. The number of carbonyl (C=O) groups excluding carboxylic acids is 2. The molecule has 0 fully saturated rings. The lowest BCUT2D eigenvalue weighted by Crippen LogP contribution is -2.28. The molecule has 1 aromatic heterocycles. The average molecular weight is 407 g/mol. The lowest BCUT2D eigenvalue weighted by atomic mass is 9.91. The molecule has 6 nitrogen and oxygen atoms in total. The molecule has 0 bridgehead atoms. The van der Waals surface area contributed by atoms with Crippen LogP contribution in [0.4, 0.5) is 0 Å². The van der Waals surface area contributed by atoms with Gasteiger partial charge in [-0.05, 0) is 68.3 Å². The summed E-state index contributed by atoms with van der Waals surface area (Å²) in [6.07, 6.45) is 1.72. The molecule has 1 atom stereocenters. The van der Waals surface area contributed by atoms with Crippen molar-refractivity contribution in [3.8, 4) is 16.9 Å². The number of aromatic nitrogens is 1. The summed E-state index contributed by atoms with van der Waals surface area (Å²) in [7, 11) is 1.33. The van der Waals surface area contributed by atoms with E-state index in [1.165, 1.54) is 13.2 Å². The van der Waals surface area contributed by atoms with Crippen LogP contribution in [0.3, 0.4) is 0 Å². The van der Waals surface area contributed by atoms with Crippen LogP contribution in [-0.4, -0.2) is 34.7 Å². The number of phenols is 1. The van der Waals surface area contributed by atoms with E-state index in [-0.39, 0.29) is 5.75 Å². The summed E-state index contributed by atoms with van der Waals surface area (Å²) in [6, 6.07) is 15.5. The number of methoxy groups -OCH3 is 1. The molecule has 0 aliphatic carbocycles. The van der Waals surface area contributed by atoms with Crippen LogP contribution in [-0.2, 0) is 14.3 Å². The number of carbonyl (C=O) groups is 2. The van der Waals surface area contributed by atoms with Crippen molar-refractivity contribution < 1.29 is 24.2 Å². The quantitative estimate of drug-likeness (QED) is 0.601. The van der Waals surface area contributed by atoms with E-state index in [9.17, 15) is 14.7 Å². The number of hydrogen-bond donors (Lipinski definition) is 2. The van der Waals surface area contributed by atoms with Crippen molar-refractivity contribution in [3.05, 3.63) is 77.6 Å². The average Bonchev–Trinajstić information content (AvgIpc) is 3.22. The maximum Gasteiger partial charge on any atom is 0.337 e. The highest BCUT2D eigenvalue weighted by Gasteiger charge is 2.31. The second-order valence-electron chi connectivity index (χ2n) is 7.94. The van der Waals surface area contributed by atoms with Gasteiger partial charge in [0, 0.05) is 17.5 Å². The third-order valence-electron chi connectivity index (χ3n) is 4.53. The van der Waals surface area contributed by atoms with Crippen molar-refractivity contribution in [1.29, 1.82) is 0 Å². The van der Waals surface area contributed by atoms with Crippen LogP contribution >= 0.6 is 0 Å². The van der Waals surface area contributed by atoms with Gasteiger partial charge < -0.3 is 19.6 Å². The van der Waals surface area contributed by atoms with E-state index >= 15 is 0 Å². The molecule has 2 N–H and O–H groups in total. The highest BCUT2D eigenvalue weighted by molar-refractivity contribution is 5.91. The zero-order valence-corrected chi connectivity index (χ0v) is 17.4. The number of benzene rings is 2. The molecule has 3 aromatic rings. The van der Waals surface area contributed by atoms with Crippen LogP contribution < -0.4 is 0 Å². The Morgan fingerprint density at radius 1 is 1.00 bits per heavy atom. The van der Waals surface area contributed by atoms with Crippen LogP contribution in [0.15, 0.2) is 60.8 Å². The van der Waals surface area contributed by atoms with E-state index in [0.29, 0.717) is 16.8 Å². The molecule has 0 radical (unpaired) electrons. The molecule has 2 aromatic carbocycles. The Balaban J connectivity index is 2.08. The van der Waals surface area contributed by atoms with Crippen molar-refractivity contribution in [3.63, 3.8) is 0 Å². The summed E-state index contributed by atoms with van der Waals surface area (Å²) < 4.78 is 10.4. The normalized spacial score (nSPS) is 12.3. The van der Waals surface area contributed by atoms with Crippen LogP contribution in [0.25, 0.3) is 11.1 Å². The molecule has 0 aliphatic heterocycles. The fraction of sp³-hybridized carbons (Fsp3) is 0.250. The summed E-state index contributed by atoms with van der Waals surface area (Å²) >= 11 is 0. The van der Waals surface area contributed by atoms with E-state index in [4.69, 9.17) is 9.47 Å². The van der Waals surface area contributed by atoms with Crippen LogP contribution in [0.1, 0.15) is 48.3 Å². The van der Waals surface area contributed by atoms with Gasteiger partial charge in [-0.2, -0.15) is 0 Å². The minimum atomic E-state index is -0.831. The van der Waals surface area contributed by atoms with Gasteiger partial charge in [0.25, 0.3) is 0 Å². The number of phenolic OH excluding ortho intramolecular Hbond substituents is 1. The SMILES string of the molecule is COC(=O)c1cccc(-c2ccc(O)c(C(C(=O)OC(C)(C)C)c3ccc[nH]3)c2)c1. The predicted molar refractivity (Wildman–Crippen MR) is 113 cm³/mol. The molecular formula is C24H25NO5. The Morgan fingerprint density at radius 2 is 1.73 bits per heavy atom. The van der Waals surface area contributed by atoms with Gasteiger partial charge in [-0.15, -0.1) is 0 Å². The number of aromatic amines is 1. The van der Waals surface area contributed by atoms with Gasteiger partial charge in [0.1, 0.15) is 17.3 Å². The second kappa shape index (κ2) is 8.45. The van der Waals surface area contributed by atoms with Gasteiger partial charge in [0.15, 0.2) is 0 Å². The topological polar surface area (TPSA) is 88.6 Å². The Morgan fingerprint density at radius 3 is 2.37 bits per heavy atom. The number of aromatic hydroxyl groups is 1. The van der Waals surface area contributed by atoms with Crippen molar-refractivity contribution in [1.82, 2.24) is 4.98 Å². The molecular weight excluding hydrogens is 382 g/mol. The fourth-order valence-corrected chi connectivity index (χ4v) is 3.21. The first-order chi connectivity index (χ1) is 14.2. The van der Waals surface area contributed by atoms with Crippen LogP contribution in [0.5, 0.6) is 5.75 Å². The molecule has 0 spiro atoms. The molecule has 0 saturated heterocycles. The number of esters is 2. The first-order valence-corrected chi connectivity index (χ1v) is 9.57. The molecule has 1 unspecified atom stereocenters. The van der Waals surface area contributed by atoms with Gasteiger partial charge in [-0.1, -0.05) is 18.2 Å². The number of nitrogens with one attached hydrogen (secondary N) is 1. The summed E-state index contributed by atoms with van der Waals surface area (Å²) in [4.78, 5) is 27.9. The largest absolute Gasteiger partial charge is 0.508 e. The molecule has 0 saturated carbocycles. The van der Waals surface area contributed by atoms with E-state index in [0.717, 1.165) is 11.1 Å². The van der Waals surface area contributed by atoms with Crippen LogP contribution in [0.2, 0.25) is 0 Å². The number of ether oxygens (including phenoxy) is 2. The molecule has 30 heavy (non-hydrogen) atoms. The third kappa shape index (κ3) is 4.71. The molecule has 3 rings (SSSR count). The minimum Gasteiger partial charge on any atom is -0.508 e. The molecule has 156 valence electrons. The highest BCUT2D eigenvalue weighted by Crippen LogP contribution is 2.36. The lowest BCUT2D eigenvalue weighted by molar-refractivity contribution is -0.155. The monoisotopic (exact) mass is 407 g/mol. The maximum absolute atomic E-state index is 13.0. The second-order valence-corrected chi connectivity index (χ2v) is 7.94. The first kappa shape index (κ1) is 21.2.